The van der Waals surface area contributed by atoms with Crippen LogP contribution in [0, 0.1) is 5.92 Å². The van der Waals surface area contributed by atoms with E-state index >= 15 is 0 Å². The summed E-state index contributed by atoms with van der Waals surface area (Å²) in [7, 11) is 0. The first-order valence-corrected chi connectivity index (χ1v) is 8.38. The number of anilines is 1. The standard InChI is InChI=1S/C15H13Cl3F2N2O2/c16-11-2-1-7(21-13(24)10-6-15(10,17)18)3-9(11)12(23)22-8-4-14(19,20)5-8/h1-3,8,10H,4-6H2,(H,21,24)(H,22,23). The van der Waals surface area contributed by atoms with Crippen LogP contribution in [0.15, 0.2) is 18.2 Å². The van der Waals surface area contributed by atoms with Gasteiger partial charge in [0.1, 0.15) is 4.33 Å². The van der Waals surface area contributed by atoms with Gasteiger partial charge in [0.05, 0.1) is 16.5 Å². The molecule has 130 valence electrons. The summed E-state index contributed by atoms with van der Waals surface area (Å²) in [6.07, 6.45) is -0.414. The maximum absolute atomic E-state index is 12.8. The van der Waals surface area contributed by atoms with Crippen LogP contribution in [0.4, 0.5) is 14.5 Å². The highest BCUT2D eigenvalue weighted by Crippen LogP contribution is 2.53. The van der Waals surface area contributed by atoms with Gasteiger partial charge in [-0.1, -0.05) is 11.6 Å². The Hall–Kier alpha value is -1.11. The van der Waals surface area contributed by atoms with E-state index in [0.717, 1.165) is 0 Å². The molecule has 2 amide bonds. The molecule has 0 radical (unpaired) electrons. The maximum Gasteiger partial charge on any atom is 0.253 e. The van der Waals surface area contributed by atoms with Crippen LogP contribution in [-0.4, -0.2) is 28.1 Å². The van der Waals surface area contributed by atoms with Gasteiger partial charge in [-0.3, -0.25) is 9.59 Å². The summed E-state index contributed by atoms with van der Waals surface area (Å²) in [4.78, 5) is 24.1. The van der Waals surface area contributed by atoms with Crippen molar-refractivity contribution in [3.8, 4) is 0 Å². The Morgan fingerprint density at radius 2 is 1.79 bits per heavy atom. The van der Waals surface area contributed by atoms with Crippen LogP contribution in [0.3, 0.4) is 0 Å². The molecule has 0 heterocycles. The van der Waals surface area contributed by atoms with E-state index in [1.165, 1.54) is 18.2 Å². The number of amides is 2. The zero-order valence-electron chi connectivity index (χ0n) is 12.2. The van der Waals surface area contributed by atoms with E-state index in [1.54, 1.807) is 0 Å². The highest BCUT2D eigenvalue weighted by molar-refractivity contribution is 6.52. The Kier molecular flexibility index (Phi) is 4.43. The maximum atomic E-state index is 12.8. The summed E-state index contributed by atoms with van der Waals surface area (Å²) in [5.74, 6) is -4.15. The summed E-state index contributed by atoms with van der Waals surface area (Å²) in [5.41, 5.74) is 0.452. The molecule has 4 nitrogen and oxygen atoms in total. The van der Waals surface area contributed by atoms with Crippen molar-refractivity contribution in [2.24, 2.45) is 5.92 Å². The number of carbonyl (C=O) groups is 2. The van der Waals surface area contributed by atoms with Crippen LogP contribution >= 0.6 is 34.8 Å². The summed E-state index contributed by atoms with van der Waals surface area (Å²) >= 11 is 17.7. The van der Waals surface area contributed by atoms with Gasteiger partial charge in [-0.15, -0.1) is 23.2 Å². The van der Waals surface area contributed by atoms with Gasteiger partial charge in [0.25, 0.3) is 11.8 Å². The second-order valence-electron chi connectivity index (χ2n) is 6.14. The second kappa shape index (κ2) is 6.00. The molecule has 3 rings (SSSR count). The van der Waals surface area contributed by atoms with Gasteiger partial charge < -0.3 is 10.6 Å². The Morgan fingerprint density at radius 3 is 2.33 bits per heavy atom. The minimum atomic E-state index is -2.72. The predicted octanol–water partition coefficient (Wildman–Crippen LogP) is 4.00. The molecule has 0 aromatic heterocycles. The van der Waals surface area contributed by atoms with Crippen molar-refractivity contribution in [1.29, 1.82) is 0 Å². The molecule has 24 heavy (non-hydrogen) atoms. The number of benzene rings is 1. The van der Waals surface area contributed by atoms with Gasteiger partial charge in [-0.2, -0.15) is 0 Å². The third kappa shape index (κ3) is 3.76. The number of hydrogen-bond donors (Lipinski definition) is 2. The fraction of sp³-hybridized carbons (Fsp3) is 0.467. The van der Waals surface area contributed by atoms with Crippen molar-refractivity contribution in [3.63, 3.8) is 0 Å². The Bertz CT molecular complexity index is 704. The Labute approximate surface area is 151 Å². The lowest BCUT2D eigenvalue weighted by Gasteiger charge is -2.35. The van der Waals surface area contributed by atoms with E-state index < -0.39 is 28.1 Å². The molecule has 2 N–H and O–H groups in total. The molecule has 9 heteroatoms. The lowest BCUT2D eigenvalue weighted by molar-refractivity contribution is -0.117. The van der Waals surface area contributed by atoms with E-state index in [4.69, 9.17) is 34.8 Å². The molecule has 2 aliphatic carbocycles. The molecular formula is C15H13Cl3F2N2O2. The van der Waals surface area contributed by atoms with E-state index in [-0.39, 0.29) is 29.3 Å². The first-order chi connectivity index (χ1) is 11.1. The molecular weight excluding hydrogens is 385 g/mol. The van der Waals surface area contributed by atoms with Crippen LogP contribution < -0.4 is 10.6 Å². The molecule has 2 aliphatic rings. The summed E-state index contributed by atoms with van der Waals surface area (Å²) < 4.78 is 24.6. The van der Waals surface area contributed by atoms with Crippen LogP contribution in [0.5, 0.6) is 0 Å². The summed E-state index contributed by atoms with van der Waals surface area (Å²) in [5, 5.41) is 5.27. The molecule has 1 aromatic rings. The van der Waals surface area contributed by atoms with Crippen molar-refractivity contribution in [2.75, 3.05) is 5.32 Å². The number of carbonyl (C=O) groups excluding carboxylic acids is 2. The first-order valence-electron chi connectivity index (χ1n) is 7.24. The molecule has 0 saturated heterocycles. The van der Waals surface area contributed by atoms with E-state index in [9.17, 15) is 18.4 Å². The quantitative estimate of drug-likeness (QED) is 0.755. The fourth-order valence-corrected chi connectivity index (χ4v) is 3.24. The van der Waals surface area contributed by atoms with Gasteiger partial charge in [0.15, 0.2) is 0 Å². The molecule has 2 saturated carbocycles. The third-order valence-corrected chi connectivity index (χ3v) is 5.21. The number of halogens is 5. The molecule has 2 fully saturated rings. The molecule has 0 spiro atoms. The number of hydrogen-bond acceptors (Lipinski definition) is 2. The van der Waals surface area contributed by atoms with E-state index in [2.05, 4.69) is 10.6 Å². The first kappa shape index (κ1) is 17.7. The number of alkyl halides is 4. The molecule has 0 aliphatic heterocycles. The second-order valence-corrected chi connectivity index (χ2v) is 8.09. The van der Waals surface area contributed by atoms with Crippen molar-refractivity contribution >= 4 is 52.3 Å². The van der Waals surface area contributed by atoms with Gasteiger partial charge in [0, 0.05) is 24.6 Å². The zero-order valence-corrected chi connectivity index (χ0v) is 14.5. The van der Waals surface area contributed by atoms with Crippen LogP contribution in [0.2, 0.25) is 5.02 Å². The lowest BCUT2D eigenvalue weighted by atomic mass is 9.88. The fourth-order valence-electron chi connectivity index (χ4n) is 2.53. The largest absolute Gasteiger partial charge is 0.349 e. The minimum absolute atomic E-state index is 0.100. The highest BCUT2D eigenvalue weighted by Gasteiger charge is 2.56. The molecule has 1 atom stereocenters. The monoisotopic (exact) mass is 396 g/mol. The predicted molar refractivity (Wildman–Crippen MR) is 88.1 cm³/mol. The average Bonchev–Trinajstić information content (AvgIpc) is 3.08. The van der Waals surface area contributed by atoms with Crippen LogP contribution in [-0.2, 0) is 4.79 Å². The number of rotatable bonds is 4. The van der Waals surface area contributed by atoms with Crippen LogP contribution in [0.25, 0.3) is 0 Å². The summed E-state index contributed by atoms with van der Waals surface area (Å²) in [6.45, 7) is 0. The van der Waals surface area contributed by atoms with Gasteiger partial charge in [-0.25, -0.2) is 8.78 Å². The minimum Gasteiger partial charge on any atom is -0.349 e. The average molecular weight is 398 g/mol. The summed E-state index contributed by atoms with van der Waals surface area (Å²) in [6, 6.07) is 3.78. The van der Waals surface area contributed by atoms with Crippen LogP contribution in [0.1, 0.15) is 29.6 Å². The third-order valence-electron chi connectivity index (χ3n) is 4.05. The van der Waals surface area contributed by atoms with E-state index in [1.807, 2.05) is 0 Å². The van der Waals surface area contributed by atoms with Crippen molar-refractivity contribution in [1.82, 2.24) is 5.32 Å². The zero-order chi connectivity index (χ0) is 17.7. The number of nitrogens with one attached hydrogen (secondary N) is 2. The Balaban J connectivity index is 1.65. The lowest BCUT2D eigenvalue weighted by Crippen LogP contribution is -2.50. The molecule has 1 unspecified atom stereocenters. The topological polar surface area (TPSA) is 58.2 Å². The molecule has 1 aromatic carbocycles. The molecule has 0 bridgehead atoms. The smallest absolute Gasteiger partial charge is 0.253 e. The van der Waals surface area contributed by atoms with Gasteiger partial charge in [0.2, 0.25) is 5.91 Å². The Morgan fingerprint density at radius 1 is 1.17 bits per heavy atom. The van der Waals surface area contributed by atoms with Crippen molar-refractivity contribution < 1.29 is 18.4 Å². The highest BCUT2D eigenvalue weighted by atomic mass is 35.5. The van der Waals surface area contributed by atoms with E-state index in [0.29, 0.717) is 12.1 Å². The van der Waals surface area contributed by atoms with Crippen molar-refractivity contribution in [2.45, 2.75) is 35.6 Å². The normalized spacial score (nSPS) is 24.0. The van der Waals surface area contributed by atoms with Gasteiger partial charge >= 0.3 is 0 Å². The SMILES string of the molecule is O=C(NC1CC(F)(F)C1)c1cc(NC(=O)C2CC2(Cl)Cl)ccc1Cl. The van der Waals surface area contributed by atoms with Gasteiger partial charge in [-0.05, 0) is 24.6 Å². The van der Waals surface area contributed by atoms with Crippen molar-refractivity contribution in [3.05, 3.63) is 28.8 Å².